The number of amides is 1. The van der Waals surface area contributed by atoms with Crippen molar-refractivity contribution in [1.82, 2.24) is 5.32 Å². The molecule has 1 heterocycles. The fourth-order valence-corrected chi connectivity index (χ4v) is 4.71. The number of nitrogens with zero attached hydrogens (tertiary/aromatic N) is 1. The minimum absolute atomic E-state index is 0.0759. The second kappa shape index (κ2) is 8.16. The lowest BCUT2D eigenvalue weighted by atomic mass is 10.2. The Balaban J connectivity index is 1.83. The van der Waals surface area contributed by atoms with Gasteiger partial charge in [-0.25, -0.2) is 8.42 Å². The largest absolute Gasteiger partial charge is 0.345 e. The van der Waals surface area contributed by atoms with Gasteiger partial charge in [-0.2, -0.15) is 0 Å². The van der Waals surface area contributed by atoms with E-state index in [2.05, 4.69) is 5.32 Å². The van der Waals surface area contributed by atoms with Gasteiger partial charge in [0.2, 0.25) is 0 Å². The number of anilines is 1. The molecule has 3 rings (SSSR count). The van der Waals surface area contributed by atoms with Crippen LogP contribution in [0.25, 0.3) is 0 Å². The maximum absolute atomic E-state index is 13.0. The molecule has 0 bridgehead atoms. The van der Waals surface area contributed by atoms with E-state index in [1.165, 1.54) is 23.5 Å². The molecule has 3 aromatic rings. The van der Waals surface area contributed by atoms with E-state index in [9.17, 15) is 13.2 Å². The average Bonchev–Trinajstić information content (AvgIpc) is 3.23. The number of sulfonamides is 1. The highest BCUT2D eigenvalue weighted by Crippen LogP contribution is 2.24. The Labute approximate surface area is 169 Å². The van der Waals surface area contributed by atoms with Crippen molar-refractivity contribution in [3.05, 3.63) is 82.0 Å². The standard InChI is InChI=1S/C21H22N2O3S2/c1-15-9-11-18(12-10-15)23(3)28(25,26)19-7-4-6-17(14-19)21(24)22-16(2)20-8-5-13-27-20/h4-14,16H,1-3H3,(H,22,24). The Morgan fingerprint density at radius 2 is 1.79 bits per heavy atom. The zero-order chi connectivity index (χ0) is 20.3. The lowest BCUT2D eigenvalue weighted by molar-refractivity contribution is 0.0940. The summed E-state index contributed by atoms with van der Waals surface area (Å²) in [5.74, 6) is -0.309. The van der Waals surface area contributed by atoms with E-state index in [0.717, 1.165) is 10.4 Å². The molecule has 1 N–H and O–H groups in total. The molecular formula is C21H22N2O3S2. The number of thiophene rings is 1. The van der Waals surface area contributed by atoms with Crippen LogP contribution in [0.4, 0.5) is 5.69 Å². The number of aryl methyl sites for hydroxylation is 1. The summed E-state index contributed by atoms with van der Waals surface area (Å²) in [6.07, 6.45) is 0. The van der Waals surface area contributed by atoms with Crippen molar-refractivity contribution in [2.24, 2.45) is 0 Å². The Hall–Kier alpha value is -2.64. The van der Waals surface area contributed by atoms with Gasteiger partial charge in [-0.05, 0) is 55.6 Å². The van der Waals surface area contributed by atoms with Crippen molar-refractivity contribution in [3.8, 4) is 0 Å². The molecule has 0 radical (unpaired) electrons. The highest BCUT2D eigenvalue weighted by Gasteiger charge is 2.23. The zero-order valence-corrected chi connectivity index (χ0v) is 17.5. The van der Waals surface area contributed by atoms with Crippen molar-refractivity contribution < 1.29 is 13.2 Å². The molecule has 0 aliphatic rings. The number of hydrogen-bond acceptors (Lipinski definition) is 4. The van der Waals surface area contributed by atoms with E-state index >= 15 is 0 Å². The number of benzene rings is 2. The van der Waals surface area contributed by atoms with Crippen molar-refractivity contribution in [1.29, 1.82) is 0 Å². The lowest BCUT2D eigenvalue weighted by Crippen LogP contribution is -2.28. The van der Waals surface area contributed by atoms with Gasteiger partial charge in [0.25, 0.3) is 15.9 Å². The molecule has 0 saturated heterocycles. The Kier molecular flexibility index (Phi) is 5.86. The van der Waals surface area contributed by atoms with Crippen LogP contribution in [-0.4, -0.2) is 21.4 Å². The SMILES string of the molecule is Cc1ccc(N(C)S(=O)(=O)c2cccc(C(=O)NC(C)c3cccs3)c2)cc1. The molecule has 2 aromatic carbocycles. The van der Waals surface area contributed by atoms with E-state index in [1.54, 1.807) is 35.6 Å². The molecule has 146 valence electrons. The Morgan fingerprint density at radius 3 is 2.43 bits per heavy atom. The van der Waals surface area contributed by atoms with Gasteiger partial charge in [-0.15, -0.1) is 11.3 Å². The molecule has 5 nitrogen and oxygen atoms in total. The number of carbonyl (C=O) groups excluding carboxylic acids is 1. The fourth-order valence-electron chi connectivity index (χ4n) is 2.74. The first-order valence-electron chi connectivity index (χ1n) is 8.79. The first-order chi connectivity index (χ1) is 13.3. The lowest BCUT2D eigenvalue weighted by Gasteiger charge is -2.20. The summed E-state index contributed by atoms with van der Waals surface area (Å²) < 4.78 is 27.2. The molecule has 0 aliphatic heterocycles. The summed E-state index contributed by atoms with van der Waals surface area (Å²) in [4.78, 5) is 13.7. The van der Waals surface area contributed by atoms with E-state index < -0.39 is 10.0 Å². The summed E-state index contributed by atoms with van der Waals surface area (Å²) in [5.41, 5.74) is 1.92. The topological polar surface area (TPSA) is 66.5 Å². The molecule has 1 atom stereocenters. The fraction of sp³-hybridized carbons (Fsp3) is 0.190. The van der Waals surface area contributed by atoms with E-state index in [4.69, 9.17) is 0 Å². The second-order valence-corrected chi connectivity index (χ2v) is 9.50. The number of hydrogen-bond donors (Lipinski definition) is 1. The number of rotatable bonds is 6. The molecule has 28 heavy (non-hydrogen) atoms. The minimum atomic E-state index is -3.78. The van der Waals surface area contributed by atoms with Gasteiger partial charge >= 0.3 is 0 Å². The molecule has 7 heteroatoms. The molecule has 0 aliphatic carbocycles. The molecule has 1 aromatic heterocycles. The van der Waals surface area contributed by atoms with Crippen molar-refractivity contribution in [2.75, 3.05) is 11.4 Å². The Bertz CT molecular complexity index is 1060. The third-order valence-corrected chi connectivity index (χ3v) is 7.31. The molecular weight excluding hydrogens is 392 g/mol. The summed E-state index contributed by atoms with van der Waals surface area (Å²) in [6, 6.07) is 17.1. The predicted octanol–water partition coefficient (Wildman–Crippen LogP) is 4.37. The third kappa shape index (κ3) is 4.26. The van der Waals surface area contributed by atoms with Crippen LogP contribution in [-0.2, 0) is 10.0 Å². The van der Waals surface area contributed by atoms with Crippen LogP contribution in [0.2, 0.25) is 0 Å². The molecule has 1 unspecified atom stereocenters. The van der Waals surface area contributed by atoms with Crippen LogP contribution in [0.15, 0.2) is 70.9 Å². The predicted molar refractivity (Wildman–Crippen MR) is 113 cm³/mol. The molecule has 1 amide bonds. The van der Waals surface area contributed by atoms with E-state index in [-0.39, 0.29) is 16.8 Å². The van der Waals surface area contributed by atoms with Gasteiger partial charge in [0.15, 0.2) is 0 Å². The number of carbonyl (C=O) groups is 1. The third-order valence-electron chi connectivity index (χ3n) is 4.47. The number of nitrogens with one attached hydrogen (secondary N) is 1. The highest BCUT2D eigenvalue weighted by molar-refractivity contribution is 7.92. The van der Waals surface area contributed by atoms with Crippen LogP contribution >= 0.6 is 11.3 Å². The zero-order valence-electron chi connectivity index (χ0n) is 15.9. The average molecular weight is 415 g/mol. The maximum Gasteiger partial charge on any atom is 0.264 e. The van der Waals surface area contributed by atoms with Crippen LogP contribution in [0, 0.1) is 6.92 Å². The first kappa shape index (κ1) is 20.1. The summed E-state index contributed by atoms with van der Waals surface area (Å²) >= 11 is 1.56. The Morgan fingerprint density at radius 1 is 1.07 bits per heavy atom. The molecule has 0 saturated carbocycles. The summed E-state index contributed by atoms with van der Waals surface area (Å²) in [6.45, 7) is 3.84. The van der Waals surface area contributed by atoms with Gasteiger partial charge < -0.3 is 5.32 Å². The highest BCUT2D eigenvalue weighted by atomic mass is 32.2. The van der Waals surface area contributed by atoms with Crippen LogP contribution in [0.1, 0.15) is 33.8 Å². The van der Waals surface area contributed by atoms with Crippen molar-refractivity contribution in [3.63, 3.8) is 0 Å². The monoisotopic (exact) mass is 414 g/mol. The quantitative estimate of drug-likeness (QED) is 0.651. The smallest absolute Gasteiger partial charge is 0.264 e. The van der Waals surface area contributed by atoms with Crippen molar-refractivity contribution >= 4 is 33.0 Å². The van der Waals surface area contributed by atoms with E-state index in [1.807, 2.05) is 43.5 Å². The molecule has 0 fully saturated rings. The van der Waals surface area contributed by atoms with Gasteiger partial charge in [-0.3, -0.25) is 9.10 Å². The summed E-state index contributed by atoms with van der Waals surface area (Å²) in [7, 11) is -2.27. The minimum Gasteiger partial charge on any atom is -0.345 e. The van der Waals surface area contributed by atoms with Crippen LogP contribution in [0.3, 0.4) is 0 Å². The van der Waals surface area contributed by atoms with Gasteiger partial charge in [0, 0.05) is 17.5 Å². The van der Waals surface area contributed by atoms with E-state index in [0.29, 0.717) is 11.3 Å². The normalized spacial score (nSPS) is 12.4. The van der Waals surface area contributed by atoms with Crippen molar-refractivity contribution in [2.45, 2.75) is 24.8 Å². The molecule has 0 spiro atoms. The van der Waals surface area contributed by atoms with Gasteiger partial charge in [0.1, 0.15) is 0 Å². The van der Waals surface area contributed by atoms with Gasteiger partial charge in [0.05, 0.1) is 16.6 Å². The van der Waals surface area contributed by atoms with Gasteiger partial charge in [-0.1, -0.05) is 29.8 Å². The maximum atomic E-state index is 13.0. The van der Waals surface area contributed by atoms with Crippen LogP contribution < -0.4 is 9.62 Å². The first-order valence-corrected chi connectivity index (χ1v) is 11.1. The van der Waals surface area contributed by atoms with Crippen LogP contribution in [0.5, 0.6) is 0 Å². The second-order valence-electron chi connectivity index (χ2n) is 6.55. The summed E-state index contributed by atoms with van der Waals surface area (Å²) in [5, 5.41) is 4.86.